The molecule has 96 valence electrons. The second kappa shape index (κ2) is 4.17. The normalized spacial score (nSPS) is 23.9. The van der Waals surface area contributed by atoms with Crippen molar-refractivity contribution in [3.05, 3.63) is 23.8 Å². The van der Waals surface area contributed by atoms with E-state index in [2.05, 4.69) is 22.2 Å². The van der Waals surface area contributed by atoms with Gasteiger partial charge >= 0.3 is 0 Å². The van der Waals surface area contributed by atoms with Gasteiger partial charge in [-0.25, -0.2) is 0 Å². The van der Waals surface area contributed by atoms with Gasteiger partial charge in [-0.2, -0.15) is 0 Å². The second-order valence-electron chi connectivity index (χ2n) is 5.10. The molecule has 3 rings (SSSR count). The molecule has 2 aliphatic rings. The number of nitrogens with two attached hydrogens (primary N) is 1. The predicted molar refractivity (Wildman–Crippen MR) is 71.8 cm³/mol. The van der Waals surface area contributed by atoms with Crippen LogP contribution in [0.25, 0.3) is 0 Å². The first-order valence-corrected chi connectivity index (χ1v) is 6.28. The van der Waals surface area contributed by atoms with Crippen LogP contribution < -0.4 is 16.0 Å². The molecule has 1 aromatic carbocycles. The van der Waals surface area contributed by atoms with Crippen LogP contribution in [-0.2, 0) is 0 Å². The number of anilines is 2. The summed E-state index contributed by atoms with van der Waals surface area (Å²) in [7, 11) is 2.12. The highest BCUT2D eigenvalue weighted by Gasteiger charge is 2.31. The largest absolute Gasteiger partial charge is 0.399 e. The van der Waals surface area contributed by atoms with Gasteiger partial charge in [0.1, 0.15) is 0 Å². The van der Waals surface area contributed by atoms with Crippen molar-refractivity contribution < 1.29 is 4.79 Å². The van der Waals surface area contributed by atoms with Crippen molar-refractivity contribution in [1.82, 2.24) is 10.2 Å². The lowest BCUT2D eigenvalue weighted by Gasteiger charge is -2.40. The predicted octanol–water partition coefficient (Wildman–Crippen LogP) is 0.133. The first-order chi connectivity index (χ1) is 8.65. The van der Waals surface area contributed by atoms with Gasteiger partial charge in [-0.1, -0.05) is 0 Å². The first-order valence-electron chi connectivity index (χ1n) is 6.28. The summed E-state index contributed by atoms with van der Waals surface area (Å²) in [6.07, 6.45) is 0. The fourth-order valence-corrected chi connectivity index (χ4v) is 2.79. The Morgan fingerprint density at radius 1 is 1.39 bits per heavy atom. The molecule has 0 radical (unpaired) electrons. The smallest absolute Gasteiger partial charge is 0.253 e. The third kappa shape index (κ3) is 1.80. The van der Waals surface area contributed by atoms with Crippen molar-refractivity contribution >= 4 is 17.3 Å². The molecule has 1 amide bonds. The maximum absolute atomic E-state index is 12.1. The van der Waals surface area contributed by atoms with E-state index >= 15 is 0 Å². The highest BCUT2D eigenvalue weighted by Crippen LogP contribution is 2.28. The Kier molecular flexibility index (Phi) is 2.63. The van der Waals surface area contributed by atoms with Gasteiger partial charge in [0.2, 0.25) is 0 Å². The Morgan fingerprint density at radius 3 is 3.06 bits per heavy atom. The molecular weight excluding hydrogens is 228 g/mol. The molecule has 1 fully saturated rings. The minimum atomic E-state index is -0.0191. The number of amides is 1. The fourth-order valence-electron chi connectivity index (χ4n) is 2.79. The number of benzene rings is 1. The summed E-state index contributed by atoms with van der Waals surface area (Å²) in [6.45, 7) is 3.64. The van der Waals surface area contributed by atoms with Gasteiger partial charge < -0.3 is 20.9 Å². The number of carbonyl (C=O) groups is 1. The zero-order valence-electron chi connectivity index (χ0n) is 10.5. The number of nitrogen functional groups attached to an aromatic ring is 1. The highest BCUT2D eigenvalue weighted by atomic mass is 16.1. The van der Waals surface area contributed by atoms with E-state index in [1.54, 1.807) is 6.07 Å². The molecule has 0 saturated carbocycles. The topological polar surface area (TPSA) is 61.6 Å². The van der Waals surface area contributed by atoms with Crippen molar-refractivity contribution in [3.8, 4) is 0 Å². The molecule has 1 saturated heterocycles. The molecule has 2 heterocycles. The van der Waals surface area contributed by atoms with E-state index in [1.807, 2.05) is 12.1 Å². The van der Waals surface area contributed by atoms with Gasteiger partial charge in [0, 0.05) is 31.9 Å². The van der Waals surface area contributed by atoms with Crippen molar-refractivity contribution in [3.63, 3.8) is 0 Å². The standard InChI is InChI=1S/C13H18N4O/c1-16-4-5-17-10(8-16)7-15-13(18)11-6-9(14)2-3-12(11)17/h2-3,6,10H,4-5,7-8,14H2,1H3,(H,15,18). The molecule has 1 aromatic rings. The number of fused-ring (bicyclic) bond motifs is 3. The Balaban J connectivity index is 2.04. The molecule has 5 heteroatoms. The minimum Gasteiger partial charge on any atom is -0.399 e. The number of hydrogen-bond acceptors (Lipinski definition) is 4. The van der Waals surface area contributed by atoms with E-state index in [4.69, 9.17) is 5.73 Å². The molecule has 0 aliphatic carbocycles. The number of carbonyl (C=O) groups excluding carboxylic acids is 1. The molecule has 5 nitrogen and oxygen atoms in total. The van der Waals surface area contributed by atoms with E-state index in [-0.39, 0.29) is 5.91 Å². The minimum absolute atomic E-state index is 0.0191. The highest BCUT2D eigenvalue weighted by molar-refractivity contribution is 6.01. The molecule has 2 aliphatic heterocycles. The molecular formula is C13H18N4O. The van der Waals surface area contributed by atoms with Gasteiger partial charge in [-0.15, -0.1) is 0 Å². The third-order valence-corrected chi connectivity index (χ3v) is 3.76. The van der Waals surface area contributed by atoms with Crippen LogP contribution in [0.5, 0.6) is 0 Å². The van der Waals surface area contributed by atoms with Gasteiger partial charge in [0.25, 0.3) is 5.91 Å². The van der Waals surface area contributed by atoms with Crippen molar-refractivity contribution in [2.24, 2.45) is 0 Å². The summed E-state index contributed by atoms with van der Waals surface area (Å²) in [6, 6.07) is 5.95. The van der Waals surface area contributed by atoms with Crippen LogP contribution in [0, 0.1) is 0 Å². The summed E-state index contributed by atoms with van der Waals surface area (Å²) < 4.78 is 0. The van der Waals surface area contributed by atoms with Gasteiger partial charge in [-0.05, 0) is 25.2 Å². The number of nitrogens with zero attached hydrogens (tertiary/aromatic N) is 2. The molecule has 0 aromatic heterocycles. The van der Waals surface area contributed by atoms with Crippen molar-refractivity contribution in [2.75, 3.05) is 43.9 Å². The number of likely N-dealkylation sites (N-methyl/N-ethyl adjacent to an activating group) is 1. The van der Waals surface area contributed by atoms with Crippen LogP contribution >= 0.6 is 0 Å². The molecule has 18 heavy (non-hydrogen) atoms. The third-order valence-electron chi connectivity index (χ3n) is 3.76. The monoisotopic (exact) mass is 246 g/mol. The van der Waals surface area contributed by atoms with Crippen LogP contribution in [0.15, 0.2) is 18.2 Å². The lowest BCUT2D eigenvalue weighted by atomic mass is 10.1. The Bertz CT molecular complexity index is 488. The Hall–Kier alpha value is -1.75. The lowest BCUT2D eigenvalue weighted by Crippen LogP contribution is -2.54. The van der Waals surface area contributed by atoms with Crippen LogP contribution in [0.3, 0.4) is 0 Å². The molecule has 1 atom stereocenters. The summed E-state index contributed by atoms with van der Waals surface area (Å²) in [5.74, 6) is -0.0191. The van der Waals surface area contributed by atoms with Gasteiger partial charge in [0.15, 0.2) is 0 Å². The van der Waals surface area contributed by atoms with Crippen LogP contribution in [0.4, 0.5) is 11.4 Å². The van der Waals surface area contributed by atoms with E-state index in [0.29, 0.717) is 23.8 Å². The zero-order valence-corrected chi connectivity index (χ0v) is 10.5. The first kappa shape index (κ1) is 11.3. The van der Waals surface area contributed by atoms with Gasteiger partial charge in [0.05, 0.1) is 17.3 Å². The number of hydrogen-bond donors (Lipinski definition) is 2. The molecule has 0 bridgehead atoms. The fraction of sp³-hybridized carbons (Fsp3) is 0.462. The quantitative estimate of drug-likeness (QED) is 0.639. The Labute approximate surface area is 107 Å². The number of rotatable bonds is 0. The summed E-state index contributed by atoms with van der Waals surface area (Å²) >= 11 is 0. The summed E-state index contributed by atoms with van der Waals surface area (Å²) in [4.78, 5) is 16.7. The average molecular weight is 246 g/mol. The van der Waals surface area contributed by atoms with Crippen LogP contribution in [-0.4, -0.2) is 50.1 Å². The van der Waals surface area contributed by atoms with Crippen molar-refractivity contribution in [2.45, 2.75) is 6.04 Å². The Morgan fingerprint density at radius 2 is 2.22 bits per heavy atom. The van der Waals surface area contributed by atoms with Crippen LogP contribution in [0.2, 0.25) is 0 Å². The SMILES string of the molecule is CN1CCN2c3ccc(N)cc3C(=O)NCC2C1. The molecule has 3 N–H and O–H groups in total. The zero-order chi connectivity index (χ0) is 12.7. The number of nitrogens with one attached hydrogen (secondary N) is 1. The lowest BCUT2D eigenvalue weighted by molar-refractivity contribution is 0.0953. The average Bonchev–Trinajstić information content (AvgIpc) is 2.48. The van der Waals surface area contributed by atoms with E-state index in [0.717, 1.165) is 25.3 Å². The molecule has 1 unspecified atom stereocenters. The maximum atomic E-state index is 12.1. The van der Waals surface area contributed by atoms with Gasteiger partial charge in [-0.3, -0.25) is 4.79 Å². The van der Waals surface area contributed by atoms with Crippen LogP contribution in [0.1, 0.15) is 10.4 Å². The summed E-state index contributed by atoms with van der Waals surface area (Å²) in [5, 5.41) is 2.98. The van der Waals surface area contributed by atoms with Crippen molar-refractivity contribution in [1.29, 1.82) is 0 Å². The summed E-state index contributed by atoms with van der Waals surface area (Å²) in [5.41, 5.74) is 8.12. The second-order valence-corrected chi connectivity index (χ2v) is 5.10. The van der Waals surface area contributed by atoms with E-state index in [9.17, 15) is 4.79 Å². The maximum Gasteiger partial charge on any atom is 0.253 e. The molecule has 0 spiro atoms. The van der Waals surface area contributed by atoms with E-state index in [1.165, 1.54) is 0 Å². The number of piperazine rings is 1. The van der Waals surface area contributed by atoms with E-state index < -0.39 is 0 Å².